The molecule has 0 fully saturated rings. The minimum atomic E-state index is 0.590. The Balaban J connectivity index is 2.12. The number of aryl methyl sites for hydroxylation is 1. The number of para-hydroxylation sites is 2. The molecule has 2 N–H and O–H groups in total. The minimum Gasteiger partial charge on any atom is -0.357 e. The smallest absolute Gasteiger partial charge is 0.207 e. The molecule has 1 amide bonds. The number of aromatic nitrogens is 2. The fourth-order valence-electron chi connectivity index (χ4n) is 1.61. The summed E-state index contributed by atoms with van der Waals surface area (Å²) in [6, 6.07) is 7.95. The van der Waals surface area contributed by atoms with Crippen LogP contribution in [0.25, 0.3) is 11.0 Å². The van der Waals surface area contributed by atoms with Gasteiger partial charge in [0.15, 0.2) is 0 Å². The molecule has 0 aliphatic carbocycles. The third-order valence-corrected chi connectivity index (χ3v) is 2.42. The number of nitrogens with zero attached hydrogens (tertiary/aromatic N) is 2. The molecule has 2 aromatic rings. The van der Waals surface area contributed by atoms with Crippen LogP contribution in [-0.4, -0.2) is 29.1 Å². The number of hydrogen-bond acceptors (Lipinski definition) is 3. The molecule has 1 heterocycles. The lowest BCUT2D eigenvalue weighted by atomic mass is 10.3. The molecule has 0 saturated carbocycles. The number of rotatable bonds is 5. The van der Waals surface area contributed by atoms with Crippen LogP contribution in [-0.2, 0) is 11.8 Å². The summed E-state index contributed by atoms with van der Waals surface area (Å²) in [5.41, 5.74) is 2.06. The van der Waals surface area contributed by atoms with E-state index in [9.17, 15) is 4.79 Å². The first-order chi connectivity index (χ1) is 7.83. The van der Waals surface area contributed by atoms with Gasteiger partial charge in [0.25, 0.3) is 0 Å². The van der Waals surface area contributed by atoms with Gasteiger partial charge in [0.2, 0.25) is 12.4 Å². The highest BCUT2D eigenvalue weighted by atomic mass is 16.1. The van der Waals surface area contributed by atoms with Crippen LogP contribution in [0, 0.1) is 0 Å². The van der Waals surface area contributed by atoms with E-state index in [2.05, 4.69) is 15.6 Å². The summed E-state index contributed by atoms with van der Waals surface area (Å²) >= 11 is 0. The Morgan fingerprint density at radius 3 is 2.94 bits per heavy atom. The molecule has 1 aromatic heterocycles. The maximum absolute atomic E-state index is 10.1. The number of amides is 1. The quantitative estimate of drug-likeness (QED) is 0.574. The number of fused-ring (bicyclic) bond motifs is 1. The van der Waals surface area contributed by atoms with E-state index in [1.54, 1.807) is 0 Å². The molecule has 84 valence electrons. The van der Waals surface area contributed by atoms with Crippen molar-refractivity contribution in [3.8, 4) is 0 Å². The largest absolute Gasteiger partial charge is 0.357 e. The van der Waals surface area contributed by atoms with Crippen molar-refractivity contribution in [2.24, 2.45) is 7.05 Å². The Labute approximate surface area is 93.5 Å². The molecule has 0 unspecified atom stereocenters. The Bertz CT molecular complexity index is 492. The highest BCUT2D eigenvalue weighted by Gasteiger charge is 2.05. The van der Waals surface area contributed by atoms with Gasteiger partial charge in [0.05, 0.1) is 11.0 Å². The third kappa shape index (κ3) is 1.98. The van der Waals surface area contributed by atoms with Crippen molar-refractivity contribution in [1.82, 2.24) is 14.9 Å². The van der Waals surface area contributed by atoms with Gasteiger partial charge in [-0.3, -0.25) is 4.79 Å². The van der Waals surface area contributed by atoms with Crippen molar-refractivity contribution in [2.45, 2.75) is 0 Å². The number of carbonyl (C=O) groups excluding carboxylic acids is 1. The Kier molecular flexibility index (Phi) is 3.05. The minimum absolute atomic E-state index is 0.590. The second-order valence-corrected chi connectivity index (χ2v) is 3.48. The predicted octanol–water partition coefficient (Wildman–Crippen LogP) is 0.731. The van der Waals surface area contributed by atoms with E-state index in [1.807, 2.05) is 35.9 Å². The molecule has 0 bridgehead atoms. The maximum atomic E-state index is 10.1. The molecule has 5 heteroatoms. The van der Waals surface area contributed by atoms with E-state index in [1.165, 1.54) is 0 Å². The number of benzene rings is 1. The summed E-state index contributed by atoms with van der Waals surface area (Å²) < 4.78 is 2.00. The normalized spacial score (nSPS) is 10.3. The van der Waals surface area contributed by atoms with E-state index in [-0.39, 0.29) is 0 Å². The van der Waals surface area contributed by atoms with Crippen LogP contribution >= 0.6 is 0 Å². The molecule has 2 rings (SSSR count). The average molecular weight is 218 g/mol. The first-order valence-corrected chi connectivity index (χ1v) is 5.15. The molecule has 16 heavy (non-hydrogen) atoms. The van der Waals surface area contributed by atoms with Crippen molar-refractivity contribution in [2.75, 3.05) is 18.4 Å². The number of hydrogen-bond donors (Lipinski definition) is 2. The number of nitrogens with one attached hydrogen (secondary N) is 2. The lowest BCUT2D eigenvalue weighted by Gasteiger charge is -2.05. The van der Waals surface area contributed by atoms with Crippen LogP contribution in [0.15, 0.2) is 24.3 Å². The van der Waals surface area contributed by atoms with Crippen molar-refractivity contribution in [1.29, 1.82) is 0 Å². The van der Waals surface area contributed by atoms with Gasteiger partial charge in [-0.25, -0.2) is 4.98 Å². The fraction of sp³-hybridized carbons (Fsp3) is 0.273. The Morgan fingerprint density at radius 1 is 1.38 bits per heavy atom. The van der Waals surface area contributed by atoms with E-state index in [0.717, 1.165) is 17.0 Å². The summed E-state index contributed by atoms with van der Waals surface area (Å²) in [5.74, 6) is 0.814. The van der Waals surface area contributed by atoms with Crippen LogP contribution in [0.4, 0.5) is 5.95 Å². The molecular weight excluding hydrogens is 204 g/mol. The van der Waals surface area contributed by atoms with Gasteiger partial charge in [-0.05, 0) is 12.1 Å². The Morgan fingerprint density at radius 2 is 2.19 bits per heavy atom. The van der Waals surface area contributed by atoms with Crippen molar-refractivity contribution >= 4 is 23.4 Å². The molecule has 0 atom stereocenters. The van der Waals surface area contributed by atoms with Gasteiger partial charge in [-0.15, -0.1) is 0 Å². The van der Waals surface area contributed by atoms with E-state index >= 15 is 0 Å². The number of imidazole rings is 1. The van der Waals surface area contributed by atoms with Gasteiger partial charge in [0, 0.05) is 20.1 Å². The van der Waals surface area contributed by atoms with Gasteiger partial charge in [-0.1, -0.05) is 12.1 Å². The van der Waals surface area contributed by atoms with Crippen molar-refractivity contribution in [3.05, 3.63) is 24.3 Å². The zero-order chi connectivity index (χ0) is 11.4. The van der Waals surface area contributed by atoms with Crippen molar-refractivity contribution < 1.29 is 4.79 Å². The second kappa shape index (κ2) is 4.65. The highest BCUT2D eigenvalue weighted by molar-refractivity contribution is 5.78. The SMILES string of the molecule is Cn1c(NCCNC=O)nc2ccccc21. The first-order valence-electron chi connectivity index (χ1n) is 5.15. The van der Waals surface area contributed by atoms with Crippen LogP contribution in [0.2, 0.25) is 0 Å². The van der Waals surface area contributed by atoms with Gasteiger partial charge in [-0.2, -0.15) is 0 Å². The Hall–Kier alpha value is -2.04. The van der Waals surface area contributed by atoms with Gasteiger partial charge in [0.1, 0.15) is 0 Å². The lowest BCUT2D eigenvalue weighted by Crippen LogP contribution is -2.21. The highest BCUT2D eigenvalue weighted by Crippen LogP contribution is 2.16. The van der Waals surface area contributed by atoms with E-state index in [4.69, 9.17) is 0 Å². The summed E-state index contributed by atoms with van der Waals surface area (Å²) in [4.78, 5) is 14.5. The number of anilines is 1. The molecule has 0 spiro atoms. The van der Waals surface area contributed by atoms with E-state index < -0.39 is 0 Å². The van der Waals surface area contributed by atoms with Crippen LogP contribution in [0.5, 0.6) is 0 Å². The fourth-order valence-corrected chi connectivity index (χ4v) is 1.61. The summed E-state index contributed by atoms with van der Waals surface area (Å²) in [6.45, 7) is 1.25. The summed E-state index contributed by atoms with van der Waals surface area (Å²) in [7, 11) is 1.96. The molecular formula is C11H14N4O. The summed E-state index contributed by atoms with van der Waals surface area (Å²) in [6.07, 6.45) is 0.691. The zero-order valence-electron chi connectivity index (χ0n) is 9.10. The molecule has 1 aromatic carbocycles. The average Bonchev–Trinajstić information content (AvgIpc) is 2.63. The van der Waals surface area contributed by atoms with Crippen LogP contribution in [0.3, 0.4) is 0 Å². The molecule has 5 nitrogen and oxygen atoms in total. The van der Waals surface area contributed by atoms with Gasteiger partial charge < -0.3 is 15.2 Å². The topological polar surface area (TPSA) is 59.0 Å². The molecule has 0 aliphatic heterocycles. The zero-order valence-corrected chi connectivity index (χ0v) is 9.10. The van der Waals surface area contributed by atoms with Crippen LogP contribution in [0.1, 0.15) is 0 Å². The third-order valence-electron chi connectivity index (χ3n) is 2.42. The monoisotopic (exact) mass is 218 g/mol. The molecule has 0 saturated heterocycles. The number of carbonyl (C=O) groups is 1. The summed E-state index contributed by atoms with van der Waals surface area (Å²) in [5, 5.41) is 5.76. The van der Waals surface area contributed by atoms with E-state index in [0.29, 0.717) is 19.5 Å². The maximum Gasteiger partial charge on any atom is 0.207 e. The lowest BCUT2D eigenvalue weighted by molar-refractivity contribution is -0.109. The standard InChI is InChI=1S/C11H14N4O/c1-15-10-5-3-2-4-9(10)14-11(15)13-7-6-12-8-16/h2-5,8H,6-7H2,1H3,(H,12,16)(H,13,14). The van der Waals surface area contributed by atoms with Crippen molar-refractivity contribution in [3.63, 3.8) is 0 Å². The van der Waals surface area contributed by atoms with Gasteiger partial charge >= 0.3 is 0 Å². The predicted molar refractivity (Wildman–Crippen MR) is 63.3 cm³/mol. The van der Waals surface area contributed by atoms with Crippen LogP contribution < -0.4 is 10.6 Å². The molecule has 0 radical (unpaired) electrons. The second-order valence-electron chi connectivity index (χ2n) is 3.48. The molecule has 0 aliphatic rings. The first kappa shape index (κ1) is 10.5.